The Labute approximate surface area is 134 Å². The number of amides is 1. The average molecular weight is 320 g/mol. The van der Waals surface area contributed by atoms with Crippen LogP contribution in [0.1, 0.15) is 16.7 Å². The van der Waals surface area contributed by atoms with Crippen molar-refractivity contribution in [1.82, 2.24) is 5.32 Å². The molecule has 0 aliphatic carbocycles. The number of carbonyl (C=O) groups is 1. The molecule has 0 atom stereocenters. The highest BCUT2D eigenvalue weighted by Crippen LogP contribution is 2.21. The van der Waals surface area contributed by atoms with Gasteiger partial charge in [0.2, 0.25) is 5.91 Å². The van der Waals surface area contributed by atoms with Gasteiger partial charge in [0.1, 0.15) is 0 Å². The summed E-state index contributed by atoms with van der Waals surface area (Å²) in [5.41, 5.74) is 3.45. The Kier molecular flexibility index (Phi) is 5.71. The lowest BCUT2D eigenvalue weighted by atomic mass is 10.1. The van der Waals surface area contributed by atoms with E-state index in [1.807, 2.05) is 30.3 Å². The van der Waals surface area contributed by atoms with E-state index in [1.165, 1.54) is 11.1 Å². The summed E-state index contributed by atoms with van der Waals surface area (Å²) in [6.45, 7) is 4.63. The third-order valence-corrected chi connectivity index (χ3v) is 4.64. The monoisotopic (exact) mass is 319 g/mol. The molecule has 0 radical (unpaired) electrons. The number of rotatable bonds is 5. The van der Waals surface area contributed by atoms with E-state index in [9.17, 15) is 4.79 Å². The van der Waals surface area contributed by atoms with Crippen molar-refractivity contribution in [1.29, 1.82) is 0 Å². The molecular weight excluding hydrogens is 302 g/mol. The predicted molar refractivity (Wildman–Crippen MR) is 89.9 cm³/mol. The largest absolute Gasteiger partial charge is 0.351 e. The van der Waals surface area contributed by atoms with Crippen molar-refractivity contribution in [2.24, 2.45) is 0 Å². The van der Waals surface area contributed by atoms with E-state index in [2.05, 4.69) is 31.3 Å². The van der Waals surface area contributed by atoms with E-state index < -0.39 is 0 Å². The molecule has 1 amide bonds. The second kappa shape index (κ2) is 7.53. The molecule has 0 aliphatic rings. The highest BCUT2D eigenvalue weighted by Gasteiger charge is 2.05. The number of carbonyl (C=O) groups excluding carboxylic acids is 1. The van der Waals surface area contributed by atoms with Gasteiger partial charge in [-0.2, -0.15) is 0 Å². The van der Waals surface area contributed by atoms with Crippen molar-refractivity contribution in [2.75, 3.05) is 5.75 Å². The summed E-state index contributed by atoms with van der Waals surface area (Å²) in [6, 6.07) is 13.8. The van der Waals surface area contributed by atoms with Gasteiger partial charge in [-0.3, -0.25) is 4.79 Å². The Bertz CT molecular complexity index is 642. The van der Waals surface area contributed by atoms with Crippen molar-refractivity contribution in [3.05, 3.63) is 64.2 Å². The highest BCUT2D eigenvalue weighted by atomic mass is 35.5. The fourth-order valence-electron chi connectivity index (χ4n) is 1.84. The molecule has 4 heteroatoms. The summed E-state index contributed by atoms with van der Waals surface area (Å²) in [5, 5.41) is 3.57. The van der Waals surface area contributed by atoms with Crippen molar-refractivity contribution in [3.8, 4) is 0 Å². The third-order valence-electron chi connectivity index (χ3n) is 3.28. The summed E-state index contributed by atoms with van der Waals surface area (Å²) < 4.78 is 0. The molecule has 0 fully saturated rings. The van der Waals surface area contributed by atoms with Crippen molar-refractivity contribution >= 4 is 29.3 Å². The minimum Gasteiger partial charge on any atom is -0.351 e. The molecule has 2 rings (SSSR count). The Balaban J connectivity index is 1.82. The Hall–Kier alpha value is -1.45. The fourth-order valence-corrected chi connectivity index (χ4v) is 2.87. The van der Waals surface area contributed by atoms with Crippen LogP contribution in [0.2, 0.25) is 5.02 Å². The van der Waals surface area contributed by atoms with Crippen LogP contribution < -0.4 is 5.32 Å². The van der Waals surface area contributed by atoms with E-state index in [0.717, 1.165) is 10.5 Å². The molecule has 1 N–H and O–H groups in total. The second-order valence-electron chi connectivity index (χ2n) is 4.90. The summed E-state index contributed by atoms with van der Waals surface area (Å²) in [7, 11) is 0. The van der Waals surface area contributed by atoms with Crippen LogP contribution >= 0.6 is 23.4 Å². The maximum atomic E-state index is 11.9. The van der Waals surface area contributed by atoms with Gasteiger partial charge in [0.15, 0.2) is 0 Å². The zero-order chi connectivity index (χ0) is 15.2. The third kappa shape index (κ3) is 4.80. The summed E-state index contributed by atoms with van der Waals surface area (Å²) in [5.74, 6) is 0.422. The van der Waals surface area contributed by atoms with Crippen LogP contribution in [-0.4, -0.2) is 11.7 Å². The quantitative estimate of drug-likeness (QED) is 0.829. The van der Waals surface area contributed by atoms with Gasteiger partial charge < -0.3 is 5.32 Å². The Morgan fingerprint density at radius 3 is 2.62 bits per heavy atom. The van der Waals surface area contributed by atoms with E-state index in [-0.39, 0.29) is 5.91 Å². The van der Waals surface area contributed by atoms with Gasteiger partial charge in [0, 0.05) is 16.5 Å². The zero-order valence-corrected chi connectivity index (χ0v) is 13.7. The molecule has 2 aromatic carbocycles. The van der Waals surface area contributed by atoms with Gasteiger partial charge in [0.05, 0.1) is 5.75 Å². The van der Waals surface area contributed by atoms with Gasteiger partial charge in [-0.1, -0.05) is 35.9 Å². The van der Waals surface area contributed by atoms with Crippen LogP contribution in [0.3, 0.4) is 0 Å². The first-order valence-corrected chi connectivity index (χ1v) is 8.13. The van der Waals surface area contributed by atoms with E-state index in [1.54, 1.807) is 11.8 Å². The standard InChI is InChI=1S/C17H18ClNOS/c1-12-7-8-15(9-13(12)2)21-11-17(20)19-10-14-5-3-4-6-16(14)18/h3-9H,10-11H2,1-2H3,(H,19,20). The number of benzene rings is 2. The number of halogens is 1. The van der Waals surface area contributed by atoms with Gasteiger partial charge in [-0.25, -0.2) is 0 Å². The topological polar surface area (TPSA) is 29.1 Å². The molecule has 0 heterocycles. The zero-order valence-electron chi connectivity index (χ0n) is 12.2. The fraction of sp³-hybridized carbons (Fsp3) is 0.235. The van der Waals surface area contributed by atoms with Gasteiger partial charge in [-0.15, -0.1) is 11.8 Å². The number of hydrogen-bond donors (Lipinski definition) is 1. The molecule has 2 aromatic rings. The Morgan fingerprint density at radius 2 is 1.90 bits per heavy atom. The molecule has 0 unspecified atom stereocenters. The SMILES string of the molecule is Cc1ccc(SCC(=O)NCc2ccccc2Cl)cc1C. The van der Waals surface area contributed by atoms with E-state index in [4.69, 9.17) is 11.6 Å². The molecule has 110 valence electrons. The molecule has 0 bridgehead atoms. The molecule has 21 heavy (non-hydrogen) atoms. The maximum Gasteiger partial charge on any atom is 0.230 e. The summed E-state index contributed by atoms with van der Waals surface area (Å²) in [4.78, 5) is 13.0. The summed E-state index contributed by atoms with van der Waals surface area (Å²) in [6.07, 6.45) is 0. The smallest absolute Gasteiger partial charge is 0.230 e. The molecular formula is C17H18ClNOS. The number of thioether (sulfide) groups is 1. The molecule has 0 aromatic heterocycles. The number of nitrogens with one attached hydrogen (secondary N) is 1. The van der Waals surface area contributed by atoms with E-state index in [0.29, 0.717) is 17.3 Å². The van der Waals surface area contributed by atoms with Crippen LogP contribution in [-0.2, 0) is 11.3 Å². The van der Waals surface area contributed by atoms with E-state index >= 15 is 0 Å². The van der Waals surface area contributed by atoms with Gasteiger partial charge in [-0.05, 0) is 48.7 Å². The first kappa shape index (κ1) is 15.9. The molecule has 0 aliphatic heterocycles. The van der Waals surface area contributed by atoms with Crippen molar-refractivity contribution < 1.29 is 4.79 Å². The lowest BCUT2D eigenvalue weighted by Gasteiger charge is -2.08. The molecule has 0 saturated carbocycles. The lowest BCUT2D eigenvalue weighted by Crippen LogP contribution is -2.24. The molecule has 0 saturated heterocycles. The average Bonchev–Trinajstić information content (AvgIpc) is 2.47. The van der Waals surface area contributed by atoms with Crippen molar-refractivity contribution in [3.63, 3.8) is 0 Å². The normalized spacial score (nSPS) is 10.4. The minimum atomic E-state index is 0.0122. The minimum absolute atomic E-state index is 0.0122. The molecule has 0 spiro atoms. The van der Waals surface area contributed by atoms with Gasteiger partial charge >= 0.3 is 0 Å². The lowest BCUT2D eigenvalue weighted by molar-refractivity contribution is -0.118. The molecule has 2 nitrogen and oxygen atoms in total. The first-order valence-electron chi connectivity index (χ1n) is 6.76. The van der Waals surface area contributed by atoms with Crippen LogP contribution in [0.25, 0.3) is 0 Å². The van der Waals surface area contributed by atoms with Crippen LogP contribution in [0.15, 0.2) is 47.4 Å². The van der Waals surface area contributed by atoms with Crippen LogP contribution in [0.4, 0.5) is 0 Å². The second-order valence-corrected chi connectivity index (χ2v) is 6.36. The maximum absolute atomic E-state index is 11.9. The highest BCUT2D eigenvalue weighted by molar-refractivity contribution is 8.00. The summed E-state index contributed by atoms with van der Waals surface area (Å²) >= 11 is 7.60. The Morgan fingerprint density at radius 1 is 1.14 bits per heavy atom. The number of hydrogen-bond acceptors (Lipinski definition) is 2. The van der Waals surface area contributed by atoms with Crippen LogP contribution in [0, 0.1) is 13.8 Å². The van der Waals surface area contributed by atoms with Crippen LogP contribution in [0.5, 0.6) is 0 Å². The predicted octanol–water partition coefficient (Wildman–Crippen LogP) is 4.37. The van der Waals surface area contributed by atoms with Gasteiger partial charge in [0.25, 0.3) is 0 Å². The first-order chi connectivity index (χ1) is 10.1. The van der Waals surface area contributed by atoms with Crippen molar-refractivity contribution in [2.45, 2.75) is 25.3 Å². The number of aryl methyl sites for hydroxylation is 2.